The SMILES string of the molecule is CC#CC#C/C=C1\OCC[C@H]1O. The van der Waals surface area contributed by atoms with Crippen molar-refractivity contribution in [2.24, 2.45) is 0 Å². The monoisotopic (exact) mass is 162 g/mol. The third-order valence-electron chi connectivity index (χ3n) is 1.46. The highest BCUT2D eigenvalue weighted by molar-refractivity contribution is 5.31. The van der Waals surface area contributed by atoms with Gasteiger partial charge in [0.05, 0.1) is 6.61 Å². The van der Waals surface area contributed by atoms with Gasteiger partial charge in [-0.05, 0) is 18.8 Å². The number of hydrogen-bond acceptors (Lipinski definition) is 2. The van der Waals surface area contributed by atoms with Crippen LogP contribution in [0.4, 0.5) is 0 Å². The number of aliphatic hydroxyl groups excluding tert-OH is 1. The van der Waals surface area contributed by atoms with E-state index < -0.39 is 6.10 Å². The molecule has 1 saturated heterocycles. The van der Waals surface area contributed by atoms with Crippen LogP contribution in [0.15, 0.2) is 11.8 Å². The highest BCUT2D eigenvalue weighted by Gasteiger charge is 2.18. The Kier molecular flexibility index (Phi) is 3.26. The van der Waals surface area contributed by atoms with Crippen LogP contribution >= 0.6 is 0 Å². The summed E-state index contributed by atoms with van der Waals surface area (Å²) in [5.41, 5.74) is 0. The van der Waals surface area contributed by atoms with Crippen LogP contribution in [0, 0.1) is 23.7 Å². The van der Waals surface area contributed by atoms with Crippen molar-refractivity contribution in [3.05, 3.63) is 11.8 Å². The second-order valence-electron chi connectivity index (χ2n) is 2.34. The van der Waals surface area contributed by atoms with Gasteiger partial charge in [0.1, 0.15) is 11.9 Å². The summed E-state index contributed by atoms with van der Waals surface area (Å²) < 4.78 is 5.11. The average Bonchev–Trinajstić information content (AvgIpc) is 2.46. The molecule has 1 atom stereocenters. The molecule has 1 aliphatic heterocycles. The van der Waals surface area contributed by atoms with Gasteiger partial charge in [0.15, 0.2) is 0 Å². The lowest BCUT2D eigenvalue weighted by Crippen LogP contribution is -2.01. The summed E-state index contributed by atoms with van der Waals surface area (Å²) in [6.45, 7) is 2.30. The molecule has 0 amide bonds. The number of rotatable bonds is 0. The molecule has 0 spiro atoms. The van der Waals surface area contributed by atoms with Crippen LogP contribution in [0.1, 0.15) is 13.3 Å². The second-order valence-corrected chi connectivity index (χ2v) is 2.34. The summed E-state index contributed by atoms with van der Waals surface area (Å²) in [6, 6.07) is 0. The van der Waals surface area contributed by atoms with Crippen LogP contribution in [0.3, 0.4) is 0 Å². The maximum absolute atomic E-state index is 9.25. The zero-order valence-electron chi connectivity index (χ0n) is 6.92. The lowest BCUT2D eigenvalue weighted by Gasteiger charge is -1.97. The Balaban J connectivity index is 2.56. The predicted molar refractivity (Wildman–Crippen MR) is 45.9 cm³/mol. The topological polar surface area (TPSA) is 29.5 Å². The van der Waals surface area contributed by atoms with Crippen LogP contribution in [-0.4, -0.2) is 17.8 Å². The Morgan fingerprint density at radius 2 is 2.42 bits per heavy atom. The minimum absolute atomic E-state index is 0.478. The van der Waals surface area contributed by atoms with Gasteiger partial charge in [0.2, 0.25) is 0 Å². The van der Waals surface area contributed by atoms with Crippen LogP contribution < -0.4 is 0 Å². The third kappa shape index (κ3) is 2.34. The number of allylic oxidation sites excluding steroid dienone is 1. The van der Waals surface area contributed by atoms with Crippen molar-refractivity contribution in [1.82, 2.24) is 0 Å². The molecular formula is C10H10O2. The van der Waals surface area contributed by atoms with Crippen molar-refractivity contribution in [2.75, 3.05) is 6.61 Å². The van der Waals surface area contributed by atoms with Crippen molar-refractivity contribution in [3.8, 4) is 23.7 Å². The van der Waals surface area contributed by atoms with Gasteiger partial charge < -0.3 is 9.84 Å². The molecule has 1 N–H and O–H groups in total. The lowest BCUT2D eigenvalue weighted by atomic mass is 10.2. The van der Waals surface area contributed by atoms with Gasteiger partial charge in [-0.25, -0.2) is 0 Å². The number of ether oxygens (including phenoxy) is 1. The van der Waals surface area contributed by atoms with E-state index in [9.17, 15) is 5.11 Å². The van der Waals surface area contributed by atoms with Gasteiger partial charge in [-0.3, -0.25) is 0 Å². The van der Waals surface area contributed by atoms with E-state index in [0.29, 0.717) is 18.8 Å². The molecule has 0 aromatic carbocycles. The third-order valence-corrected chi connectivity index (χ3v) is 1.46. The Morgan fingerprint density at radius 3 is 3.00 bits per heavy atom. The summed E-state index contributed by atoms with van der Waals surface area (Å²) in [7, 11) is 0. The first-order valence-corrected chi connectivity index (χ1v) is 3.78. The summed E-state index contributed by atoms with van der Waals surface area (Å²) >= 11 is 0. The number of aliphatic hydroxyl groups is 1. The molecule has 1 aliphatic rings. The fourth-order valence-electron chi connectivity index (χ4n) is 0.871. The highest BCUT2D eigenvalue weighted by atomic mass is 16.5. The van der Waals surface area contributed by atoms with Crippen LogP contribution in [-0.2, 0) is 4.74 Å². The first kappa shape index (κ1) is 8.71. The highest BCUT2D eigenvalue weighted by Crippen LogP contribution is 2.15. The molecule has 1 fully saturated rings. The van der Waals surface area contributed by atoms with E-state index in [-0.39, 0.29) is 0 Å². The molecule has 0 bridgehead atoms. The molecule has 1 rings (SSSR count). The molecule has 12 heavy (non-hydrogen) atoms. The van der Waals surface area contributed by atoms with E-state index in [1.807, 2.05) is 0 Å². The summed E-state index contributed by atoms with van der Waals surface area (Å²) in [6.07, 6.45) is 1.75. The van der Waals surface area contributed by atoms with Gasteiger partial charge in [0.25, 0.3) is 0 Å². The Labute approximate surface area is 72.2 Å². The van der Waals surface area contributed by atoms with Crippen LogP contribution in [0.25, 0.3) is 0 Å². The number of hydrogen-bond donors (Lipinski definition) is 1. The summed E-state index contributed by atoms with van der Waals surface area (Å²) in [5, 5.41) is 9.25. The maximum Gasteiger partial charge on any atom is 0.133 e. The first-order valence-electron chi connectivity index (χ1n) is 3.78. The molecule has 1 heterocycles. The van der Waals surface area contributed by atoms with E-state index in [1.54, 1.807) is 13.0 Å². The predicted octanol–water partition coefficient (Wildman–Crippen LogP) is 0.678. The van der Waals surface area contributed by atoms with Crippen molar-refractivity contribution in [1.29, 1.82) is 0 Å². The molecule has 62 valence electrons. The molecule has 0 aromatic rings. The van der Waals surface area contributed by atoms with Gasteiger partial charge in [-0.2, -0.15) is 0 Å². The molecule has 2 nitrogen and oxygen atoms in total. The van der Waals surface area contributed by atoms with E-state index in [0.717, 1.165) is 0 Å². The minimum atomic E-state index is -0.478. The second kappa shape index (κ2) is 4.49. The average molecular weight is 162 g/mol. The Morgan fingerprint density at radius 1 is 1.58 bits per heavy atom. The fourth-order valence-corrected chi connectivity index (χ4v) is 0.871. The molecular weight excluding hydrogens is 152 g/mol. The van der Waals surface area contributed by atoms with Gasteiger partial charge in [0, 0.05) is 12.5 Å². The van der Waals surface area contributed by atoms with Crippen LogP contribution in [0.5, 0.6) is 0 Å². The van der Waals surface area contributed by atoms with Crippen molar-refractivity contribution in [2.45, 2.75) is 19.4 Å². The summed E-state index contributed by atoms with van der Waals surface area (Å²) in [5.74, 6) is 11.1. The maximum atomic E-state index is 9.25. The van der Waals surface area contributed by atoms with Crippen LogP contribution in [0.2, 0.25) is 0 Å². The Hall–Kier alpha value is -1.38. The van der Waals surface area contributed by atoms with Crippen molar-refractivity contribution in [3.63, 3.8) is 0 Å². The molecule has 0 aromatic heterocycles. The van der Waals surface area contributed by atoms with Crippen molar-refractivity contribution >= 4 is 0 Å². The molecule has 0 radical (unpaired) electrons. The van der Waals surface area contributed by atoms with E-state index in [1.165, 1.54) is 0 Å². The zero-order valence-corrected chi connectivity index (χ0v) is 6.92. The van der Waals surface area contributed by atoms with E-state index in [4.69, 9.17) is 4.74 Å². The molecule has 0 saturated carbocycles. The lowest BCUT2D eigenvalue weighted by molar-refractivity contribution is 0.192. The van der Waals surface area contributed by atoms with Crippen molar-refractivity contribution < 1.29 is 9.84 Å². The Bertz CT molecular complexity index is 293. The smallest absolute Gasteiger partial charge is 0.133 e. The molecule has 0 unspecified atom stereocenters. The zero-order chi connectivity index (χ0) is 8.81. The summed E-state index contributed by atoms with van der Waals surface area (Å²) in [4.78, 5) is 0. The minimum Gasteiger partial charge on any atom is -0.494 e. The first-order chi connectivity index (χ1) is 5.84. The largest absolute Gasteiger partial charge is 0.494 e. The molecule has 2 heteroatoms. The van der Waals surface area contributed by atoms with Gasteiger partial charge in [-0.1, -0.05) is 11.8 Å². The standard InChI is InChI=1S/C10H10O2/c1-2-3-4-5-6-10-9(11)7-8-12-10/h6,9,11H,7-8H2,1H3/b10-6-/t9-/m1/s1. The normalized spacial score (nSPS) is 23.5. The van der Waals surface area contributed by atoms with E-state index >= 15 is 0 Å². The van der Waals surface area contributed by atoms with E-state index in [2.05, 4.69) is 23.7 Å². The van der Waals surface area contributed by atoms with Gasteiger partial charge in [-0.15, -0.1) is 0 Å². The molecule has 0 aliphatic carbocycles. The quantitative estimate of drug-likeness (QED) is 0.531. The van der Waals surface area contributed by atoms with Gasteiger partial charge >= 0.3 is 0 Å². The fraction of sp³-hybridized carbons (Fsp3) is 0.400.